The maximum Gasteiger partial charge on any atom is 0.434 e. The van der Waals surface area contributed by atoms with Crippen LogP contribution in [-0.4, -0.2) is 46.0 Å². The molecular weight excluding hydrogens is 367 g/mol. The molecule has 0 aliphatic carbocycles. The van der Waals surface area contributed by atoms with Gasteiger partial charge in [0.15, 0.2) is 5.69 Å². The zero-order valence-electron chi connectivity index (χ0n) is 14.6. The van der Waals surface area contributed by atoms with E-state index in [1.54, 1.807) is 0 Å². The molecule has 0 atom stereocenters. The lowest BCUT2D eigenvalue weighted by Gasteiger charge is -2.12. The Kier molecular flexibility index (Phi) is 6.21. The average Bonchev–Trinajstić information content (AvgIpc) is 3.04. The molecule has 1 amide bonds. The van der Waals surface area contributed by atoms with Crippen molar-refractivity contribution in [2.75, 3.05) is 13.2 Å². The van der Waals surface area contributed by atoms with Gasteiger partial charge in [-0.1, -0.05) is 0 Å². The van der Waals surface area contributed by atoms with Crippen LogP contribution in [0.2, 0.25) is 0 Å². The number of carbonyl (C=O) groups excluding carboxylic acids is 1. The number of carboxylic acid groups (broad SMARTS) is 1. The largest absolute Gasteiger partial charge is 0.478 e. The summed E-state index contributed by atoms with van der Waals surface area (Å²) in [6, 6.07) is 5.17. The Morgan fingerprint density at radius 3 is 2.41 bits per heavy atom. The summed E-state index contributed by atoms with van der Waals surface area (Å²) in [7, 11) is 0. The fourth-order valence-electron chi connectivity index (χ4n) is 2.29. The standard InChI is InChI=1S/C17H18F3N3O4/c1-10(2)27-8-7-21-15(24)11-3-5-12(6-4-11)23-14(17(18,19)20)13(9-22-23)16(25)26/h3-6,9-10H,7-8H2,1-2H3,(H,21,24)(H,25,26). The molecule has 0 radical (unpaired) electrons. The van der Waals surface area contributed by atoms with Gasteiger partial charge in [-0.25, -0.2) is 9.48 Å². The van der Waals surface area contributed by atoms with E-state index in [2.05, 4.69) is 10.4 Å². The first kappa shape index (κ1) is 20.4. The van der Waals surface area contributed by atoms with E-state index in [1.807, 2.05) is 13.8 Å². The summed E-state index contributed by atoms with van der Waals surface area (Å²) >= 11 is 0. The van der Waals surface area contributed by atoms with Crippen LogP contribution < -0.4 is 5.32 Å². The molecule has 0 bridgehead atoms. The quantitative estimate of drug-likeness (QED) is 0.715. The number of alkyl halides is 3. The number of carbonyl (C=O) groups is 2. The summed E-state index contributed by atoms with van der Waals surface area (Å²) < 4.78 is 45.5. The Morgan fingerprint density at radius 2 is 1.89 bits per heavy atom. The number of hydrogen-bond donors (Lipinski definition) is 2. The molecule has 146 valence electrons. The number of benzene rings is 1. The first-order chi connectivity index (χ1) is 12.6. The Hall–Kier alpha value is -2.88. The van der Waals surface area contributed by atoms with Gasteiger partial charge in [0.05, 0.1) is 24.6 Å². The smallest absolute Gasteiger partial charge is 0.434 e. The Labute approximate surface area is 152 Å². The molecule has 1 aromatic heterocycles. The second kappa shape index (κ2) is 8.21. The number of aromatic carboxylic acids is 1. The molecular formula is C17H18F3N3O4. The van der Waals surface area contributed by atoms with Crippen molar-refractivity contribution in [2.24, 2.45) is 0 Å². The molecule has 27 heavy (non-hydrogen) atoms. The predicted octanol–water partition coefficient (Wildman–Crippen LogP) is 2.74. The summed E-state index contributed by atoms with van der Waals surface area (Å²) in [5.74, 6) is -2.13. The maximum atomic E-state index is 13.2. The number of amides is 1. The monoisotopic (exact) mass is 385 g/mol. The lowest BCUT2D eigenvalue weighted by molar-refractivity contribution is -0.143. The zero-order chi connectivity index (χ0) is 20.2. The lowest BCUT2D eigenvalue weighted by Crippen LogP contribution is -2.28. The highest BCUT2D eigenvalue weighted by Crippen LogP contribution is 2.33. The molecule has 2 aromatic rings. The molecule has 0 unspecified atom stereocenters. The van der Waals surface area contributed by atoms with Gasteiger partial charge in [0.2, 0.25) is 0 Å². The van der Waals surface area contributed by atoms with Gasteiger partial charge in [0.25, 0.3) is 5.91 Å². The highest BCUT2D eigenvalue weighted by atomic mass is 19.4. The van der Waals surface area contributed by atoms with Crippen LogP contribution in [0, 0.1) is 0 Å². The fraction of sp³-hybridized carbons (Fsp3) is 0.353. The van der Waals surface area contributed by atoms with Crippen molar-refractivity contribution >= 4 is 11.9 Å². The molecule has 0 saturated heterocycles. The Balaban J connectivity index is 2.18. The van der Waals surface area contributed by atoms with Crippen LogP contribution in [0.25, 0.3) is 5.69 Å². The summed E-state index contributed by atoms with van der Waals surface area (Å²) in [6.45, 7) is 4.35. The van der Waals surface area contributed by atoms with Crippen LogP contribution in [-0.2, 0) is 10.9 Å². The van der Waals surface area contributed by atoms with E-state index < -0.39 is 29.3 Å². The molecule has 1 aromatic carbocycles. The fourth-order valence-corrected chi connectivity index (χ4v) is 2.29. The molecule has 0 aliphatic rings. The average molecular weight is 385 g/mol. The lowest BCUT2D eigenvalue weighted by atomic mass is 10.2. The molecule has 0 aliphatic heterocycles. The SMILES string of the molecule is CC(C)OCCNC(=O)c1ccc(-n2ncc(C(=O)O)c2C(F)(F)F)cc1. The molecule has 0 fully saturated rings. The first-order valence-corrected chi connectivity index (χ1v) is 8.00. The number of nitrogens with zero attached hydrogens (tertiary/aromatic N) is 2. The van der Waals surface area contributed by atoms with Gasteiger partial charge in [-0.2, -0.15) is 18.3 Å². The first-order valence-electron chi connectivity index (χ1n) is 8.00. The van der Waals surface area contributed by atoms with Crippen molar-refractivity contribution in [2.45, 2.75) is 26.1 Å². The van der Waals surface area contributed by atoms with Gasteiger partial charge >= 0.3 is 12.1 Å². The number of ether oxygens (including phenoxy) is 1. The summed E-state index contributed by atoms with van der Waals surface area (Å²) in [5.41, 5.74) is -2.12. The van der Waals surface area contributed by atoms with E-state index >= 15 is 0 Å². The van der Waals surface area contributed by atoms with Gasteiger partial charge < -0.3 is 15.2 Å². The Bertz CT molecular complexity index is 814. The summed E-state index contributed by atoms with van der Waals surface area (Å²) in [6.07, 6.45) is -4.23. The zero-order valence-corrected chi connectivity index (χ0v) is 14.6. The van der Waals surface area contributed by atoms with Crippen molar-refractivity contribution in [3.8, 4) is 5.69 Å². The van der Waals surface area contributed by atoms with E-state index in [9.17, 15) is 22.8 Å². The summed E-state index contributed by atoms with van der Waals surface area (Å²) in [5, 5.41) is 15.1. The van der Waals surface area contributed by atoms with Crippen molar-refractivity contribution in [3.05, 3.63) is 47.3 Å². The molecule has 2 rings (SSSR count). The highest BCUT2D eigenvalue weighted by molar-refractivity contribution is 5.94. The van der Waals surface area contributed by atoms with Gasteiger partial charge in [-0.05, 0) is 38.1 Å². The molecule has 1 heterocycles. The molecule has 7 nitrogen and oxygen atoms in total. The van der Waals surface area contributed by atoms with E-state index in [1.165, 1.54) is 24.3 Å². The molecule has 0 saturated carbocycles. The third-order valence-electron chi connectivity index (χ3n) is 3.48. The van der Waals surface area contributed by atoms with E-state index in [0.29, 0.717) is 17.5 Å². The van der Waals surface area contributed by atoms with Gasteiger partial charge in [-0.15, -0.1) is 0 Å². The minimum absolute atomic E-state index is 0.0190. The predicted molar refractivity (Wildman–Crippen MR) is 88.9 cm³/mol. The third kappa shape index (κ3) is 5.07. The number of rotatable bonds is 7. The second-order valence-corrected chi connectivity index (χ2v) is 5.84. The van der Waals surface area contributed by atoms with Crippen molar-refractivity contribution in [1.82, 2.24) is 15.1 Å². The van der Waals surface area contributed by atoms with Crippen LogP contribution >= 0.6 is 0 Å². The second-order valence-electron chi connectivity index (χ2n) is 5.84. The van der Waals surface area contributed by atoms with Gasteiger partial charge in [-0.3, -0.25) is 4.79 Å². The minimum atomic E-state index is -4.91. The van der Waals surface area contributed by atoms with Crippen molar-refractivity contribution < 1.29 is 32.6 Å². The van der Waals surface area contributed by atoms with E-state index in [0.717, 1.165) is 0 Å². The minimum Gasteiger partial charge on any atom is -0.478 e. The van der Waals surface area contributed by atoms with Gasteiger partial charge in [0, 0.05) is 12.1 Å². The highest BCUT2D eigenvalue weighted by Gasteiger charge is 2.40. The van der Waals surface area contributed by atoms with Crippen molar-refractivity contribution in [1.29, 1.82) is 0 Å². The van der Waals surface area contributed by atoms with E-state index in [4.69, 9.17) is 9.84 Å². The number of aromatic nitrogens is 2. The van der Waals surface area contributed by atoms with E-state index in [-0.39, 0.29) is 23.9 Å². The Morgan fingerprint density at radius 1 is 1.26 bits per heavy atom. The summed E-state index contributed by atoms with van der Waals surface area (Å²) in [4.78, 5) is 23.0. The number of nitrogens with one attached hydrogen (secondary N) is 1. The van der Waals surface area contributed by atoms with Crippen LogP contribution in [0.3, 0.4) is 0 Å². The van der Waals surface area contributed by atoms with Crippen LogP contribution in [0.15, 0.2) is 30.5 Å². The topological polar surface area (TPSA) is 93.5 Å². The van der Waals surface area contributed by atoms with Gasteiger partial charge in [0.1, 0.15) is 5.56 Å². The molecule has 2 N–H and O–H groups in total. The van der Waals surface area contributed by atoms with Crippen LogP contribution in [0.1, 0.15) is 40.3 Å². The van der Waals surface area contributed by atoms with Crippen LogP contribution in [0.4, 0.5) is 13.2 Å². The van der Waals surface area contributed by atoms with Crippen LogP contribution in [0.5, 0.6) is 0 Å². The van der Waals surface area contributed by atoms with Crippen molar-refractivity contribution in [3.63, 3.8) is 0 Å². The maximum absolute atomic E-state index is 13.2. The molecule has 10 heteroatoms. The third-order valence-corrected chi connectivity index (χ3v) is 3.48. The number of hydrogen-bond acceptors (Lipinski definition) is 4. The molecule has 0 spiro atoms. The normalized spacial score (nSPS) is 11.6. The number of halogens is 3. The number of carboxylic acids is 1.